The third kappa shape index (κ3) is 2.76. The summed E-state index contributed by atoms with van der Waals surface area (Å²) in [6.07, 6.45) is 1.69. The summed E-state index contributed by atoms with van der Waals surface area (Å²) in [5.41, 5.74) is 8.61. The van der Waals surface area contributed by atoms with Crippen molar-refractivity contribution in [2.45, 2.75) is 19.9 Å². The molecule has 1 atom stereocenters. The van der Waals surface area contributed by atoms with Crippen LogP contribution in [0.4, 0.5) is 11.5 Å². The lowest BCUT2D eigenvalue weighted by atomic mass is 10.1. The molecule has 0 amide bonds. The molecule has 2 rings (SSSR count). The van der Waals surface area contributed by atoms with Crippen LogP contribution in [0.15, 0.2) is 34.9 Å². The number of halogens is 2. The van der Waals surface area contributed by atoms with Crippen LogP contribution in [0.5, 0.6) is 0 Å². The van der Waals surface area contributed by atoms with Crippen LogP contribution < -0.4 is 10.6 Å². The summed E-state index contributed by atoms with van der Waals surface area (Å²) in [5, 5.41) is 0.759. The molecule has 0 aliphatic rings. The van der Waals surface area contributed by atoms with E-state index in [1.165, 1.54) is 0 Å². The fourth-order valence-electron chi connectivity index (χ4n) is 2.03. The number of nitrogens with two attached hydrogens (primary N) is 1. The molecule has 0 fully saturated rings. The second kappa shape index (κ2) is 6.02. The van der Waals surface area contributed by atoms with Crippen LogP contribution in [0.2, 0.25) is 5.02 Å². The molecule has 3 nitrogen and oxygen atoms in total. The molecule has 0 spiro atoms. The molecular weight excluding hydrogens is 338 g/mol. The summed E-state index contributed by atoms with van der Waals surface area (Å²) < 4.78 is 0.916. The number of nitrogens with zero attached hydrogens (tertiary/aromatic N) is 2. The number of nitrogen functional groups attached to an aromatic ring is 1. The van der Waals surface area contributed by atoms with Crippen molar-refractivity contribution in [3.05, 3.63) is 51.1 Å². The van der Waals surface area contributed by atoms with E-state index in [1.54, 1.807) is 6.20 Å². The van der Waals surface area contributed by atoms with Gasteiger partial charge in [0, 0.05) is 12.1 Å². The van der Waals surface area contributed by atoms with E-state index in [9.17, 15) is 0 Å². The average molecular weight is 355 g/mol. The molecule has 1 aromatic heterocycles. The fraction of sp³-hybridized carbons (Fsp3) is 0.267. The van der Waals surface area contributed by atoms with E-state index in [0.29, 0.717) is 5.69 Å². The van der Waals surface area contributed by atoms with Crippen LogP contribution in [0.25, 0.3) is 0 Å². The Labute approximate surface area is 132 Å². The summed E-state index contributed by atoms with van der Waals surface area (Å²) in [7, 11) is 2.00. The van der Waals surface area contributed by atoms with E-state index in [1.807, 2.05) is 38.2 Å². The average Bonchev–Trinajstić information content (AvgIpc) is 2.44. The van der Waals surface area contributed by atoms with Crippen molar-refractivity contribution in [3.63, 3.8) is 0 Å². The van der Waals surface area contributed by atoms with E-state index in [2.05, 4.69) is 32.7 Å². The van der Waals surface area contributed by atoms with Crippen molar-refractivity contribution in [3.8, 4) is 0 Å². The molecule has 0 aliphatic carbocycles. The molecule has 2 N–H and O–H groups in total. The van der Waals surface area contributed by atoms with Gasteiger partial charge in [0.05, 0.1) is 22.4 Å². The normalized spacial score (nSPS) is 12.2. The quantitative estimate of drug-likeness (QED) is 0.877. The zero-order valence-electron chi connectivity index (χ0n) is 11.7. The smallest absolute Gasteiger partial charge is 0.143 e. The molecule has 0 saturated carbocycles. The molecule has 0 radical (unpaired) electrons. The summed E-state index contributed by atoms with van der Waals surface area (Å²) in [6, 6.07) is 7.96. The first-order chi connectivity index (χ1) is 9.43. The Morgan fingerprint density at radius 1 is 1.35 bits per heavy atom. The maximum atomic E-state index is 6.27. The summed E-state index contributed by atoms with van der Waals surface area (Å²) in [4.78, 5) is 6.51. The zero-order valence-corrected chi connectivity index (χ0v) is 14.0. The Morgan fingerprint density at radius 2 is 2.00 bits per heavy atom. The first-order valence-electron chi connectivity index (χ1n) is 6.31. The maximum Gasteiger partial charge on any atom is 0.143 e. The molecule has 0 bridgehead atoms. The third-order valence-corrected chi connectivity index (χ3v) is 4.85. The molecule has 5 heteroatoms. The van der Waals surface area contributed by atoms with Crippen molar-refractivity contribution in [1.82, 2.24) is 4.98 Å². The zero-order chi connectivity index (χ0) is 14.9. The van der Waals surface area contributed by atoms with E-state index < -0.39 is 0 Å². The van der Waals surface area contributed by atoms with Gasteiger partial charge in [0.1, 0.15) is 5.82 Å². The Morgan fingerprint density at radius 3 is 2.65 bits per heavy atom. The van der Waals surface area contributed by atoms with Gasteiger partial charge in [0.2, 0.25) is 0 Å². The van der Waals surface area contributed by atoms with Crippen molar-refractivity contribution < 1.29 is 0 Å². The van der Waals surface area contributed by atoms with Crippen molar-refractivity contribution >= 4 is 39.0 Å². The molecule has 1 unspecified atom stereocenters. The maximum absolute atomic E-state index is 6.27. The van der Waals surface area contributed by atoms with Gasteiger partial charge in [-0.2, -0.15) is 0 Å². The van der Waals surface area contributed by atoms with Crippen LogP contribution in [0, 0.1) is 6.92 Å². The van der Waals surface area contributed by atoms with E-state index in [-0.39, 0.29) is 6.04 Å². The Kier molecular flexibility index (Phi) is 4.55. The van der Waals surface area contributed by atoms with Gasteiger partial charge in [-0.05, 0) is 47.0 Å². The van der Waals surface area contributed by atoms with Crippen LogP contribution in [-0.2, 0) is 0 Å². The van der Waals surface area contributed by atoms with Crippen LogP contribution >= 0.6 is 27.5 Å². The Hall–Kier alpha value is -1.26. The standard InChI is InChI=1S/C15H17BrClN3/c1-9-13(18)8-19-15(14(9)16)20(3)10(2)11-6-4-5-7-12(11)17/h4-8,10H,18H2,1-3H3. The molecule has 1 heterocycles. The van der Waals surface area contributed by atoms with Crippen molar-refractivity contribution in [1.29, 1.82) is 0 Å². The number of pyridine rings is 1. The molecule has 20 heavy (non-hydrogen) atoms. The highest BCUT2D eigenvalue weighted by Crippen LogP contribution is 2.35. The van der Waals surface area contributed by atoms with Gasteiger partial charge in [-0.3, -0.25) is 0 Å². The molecule has 0 saturated heterocycles. The first-order valence-corrected chi connectivity index (χ1v) is 7.48. The lowest BCUT2D eigenvalue weighted by Crippen LogP contribution is -2.23. The molecule has 1 aromatic carbocycles. The Bertz CT molecular complexity index is 631. The lowest BCUT2D eigenvalue weighted by molar-refractivity contribution is 0.727. The molecule has 106 valence electrons. The molecule has 0 aliphatic heterocycles. The van der Waals surface area contributed by atoms with Crippen LogP contribution in [-0.4, -0.2) is 12.0 Å². The first kappa shape index (κ1) is 15.1. The monoisotopic (exact) mass is 353 g/mol. The Balaban J connectivity index is 2.39. The minimum Gasteiger partial charge on any atom is -0.397 e. The molecule has 2 aromatic rings. The van der Waals surface area contributed by atoms with Crippen LogP contribution in [0.3, 0.4) is 0 Å². The largest absolute Gasteiger partial charge is 0.397 e. The predicted octanol–water partition coefficient (Wildman–Crippen LogP) is 4.59. The highest BCUT2D eigenvalue weighted by atomic mass is 79.9. The number of hydrogen-bond donors (Lipinski definition) is 1. The van der Waals surface area contributed by atoms with Gasteiger partial charge in [-0.1, -0.05) is 29.8 Å². The van der Waals surface area contributed by atoms with E-state index in [0.717, 1.165) is 26.4 Å². The van der Waals surface area contributed by atoms with Gasteiger partial charge in [-0.25, -0.2) is 4.98 Å². The van der Waals surface area contributed by atoms with Gasteiger partial charge in [0.25, 0.3) is 0 Å². The van der Waals surface area contributed by atoms with Gasteiger partial charge < -0.3 is 10.6 Å². The number of benzene rings is 1. The lowest BCUT2D eigenvalue weighted by Gasteiger charge is -2.28. The minimum atomic E-state index is 0.107. The second-order valence-electron chi connectivity index (χ2n) is 4.78. The molecular formula is C15H17BrClN3. The van der Waals surface area contributed by atoms with Gasteiger partial charge >= 0.3 is 0 Å². The predicted molar refractivity (Wildman–Crippen MR) is 89.4 cm³/mol. The summed E-state index contributed by atoms with van der Waals surface area (Å²) in [5.74, 6) is 0.851. The van der Waals surface area contributed by atoms with E-state index in [4.69, 9.17) is 17.3 Å². The highest BCUT2D eigenvalue weighted by Gasteiger charge is 2.19. The number of aromatic nitrogens is 1. The van der Waals surface area contributed by atoms with Crippen LogP contribution in [0.1, 0.15) is 24.1 Å². The third-order valence-electron chi connectivity index (χ3n) is 3.55. The number of rotatable bonds is 3. The summed E-state index contributed by atoms with van der Waals surface area (Å²) in [6.45, 7) is 4.07. The highest BCUT2D eigenvalue weighted by molar-refractivity contribution is 9.10. The summed E-state index contributed by atoms with van der Waals surface area (Å²) >= 11 is 9.84. The van der Waals surface area contributed by atoms with Crippen molar-refractivity contribution in [2.75, 3.05) is 17.7 Å². The van der Waals surface area contributed by atoms with E-state index >= 15 is 0 Å². The van der Waals surface area contributed by atoms with Gasteiger partial charge in [0.15, 0.2) is 0 Å². The fourth-order valence-corrected chi connectivity index (χ4v) is 2.94. The number of anilines is 2. The van der Waals surface area contributed by atoms with Gasteiger partial charge in [-0.15, -0.1) is 0 Å². The van der Waals surface area contributed by atoms with Crippen molar-refractivity contribution in [2.24, 2.45) is 0 Å². The number of hydrogen-bond acceptors (Lipinski definition) is 3. The second-order valence-corrected chi connectivity index (χ2v) is 5.98. The SMILES string of the molecule is Cc1c(N)cnc(N(C)C(C)c2ccccc2Cl)c1Br. The minimum absolute atomic E-state index is 0.107. The topological polar surface area (TPSA) is 42.1 Å².